The Morgan fingerprint density at radius 1 is 1.35 bits per heavy atom. The average Bonchev–Trinajstić information content (AvgIpc) is 2.64. The fourth-order valence-corrected chi connectivity index (χ4v) is 2.29. The zero-order chi connectivity index (χ0) is 12.6. The lowest BCUT2D eigenvalue weighted by Gasteiger charge is -2.08. The van der Waals surface area contributed by atoms with E-state index < -0.39 is 0 Å². The molecule has 0 fully saturated rings. The van der Waals surface area contributed by atoms with Gasteiger partial charge in [-0.1, -0.05) is 23.2 Å². The van der Waals surface area contributed by atoms with Crippen LogP contribution >= 0.6 is 39.1 Å². The van der Waals surface area contributed by atoms with E-state index in [1.165, 1.54) is 7.11 Å². The quantitative estimate of drug-likeness (QED) is 0.878. The summed E-state index contributed by atoms with van der Waals surface area (Å²) >= 11 is 15.6. The molecule has 4 nitrogen and oxygen atoms in total. The molecular formula is C10H8BrCl2N3O. The van der Waals surface area contributed by atoms with Gasteiger partial charge in [0.05, 0.1) is 22.3 Å². The Hall–Kier alpha value is -0.910. The number of aromatic amines is 1. The number of anilines is 1. The van der Waals surface area contributed by atoms with Crippen LogP contribution in [0.3, 0.4) is 0 Å². The van der Waals surface area contributed by atoms with Crippen molar-refractivity contribution >= 4 is 44.9 Å². The largest absolute Gasteiger partial charge is 0.495 e. The number of nitrogens with one attached hydrogen (secondary N) is 1. The number of hydrogen-bond acceptors (Lipinski definition) is 3. The molecule has 0 unspecified atom stereocenters. The van der Waals surface area contributed by atoms with Gasteiger partial charge >= 0.3 is 0 Å². The SMILES string of the molecule is COc1ccc(-c2[nH]nc(N)c2Br)c(Cl)c1Cl. The summed E-state index contributed by atoms with van der Waals surface area (Å²) in [5, 5.41) is 7.41. The first kappa shape index (κ1) is 12.5. The molecule has 0 saturated heterocycles. The second-order valence-electron chi connectivity index (χ2n) is 3.24. The van der Waals surface area contributed by atoms with E-state index in [-0.39, 0.29) is 0 Å². The van der Waals surface area contributed by atoms with E-state index in [4.69, 9.17) is 33.7 Å². The number of H-pyrrole nitrogens is 1. The Kier molecular flexibility index (Phi) is 3.51. The molecule has 2 rings (SSSR count). The van der Waals surface area contributed by atoms with Crippen LogP contribution in [-0.2, 0) is 0 Å². The minimum atomic E-state index is 0.353. The highest BCUT2D eigenvalue weighted by Crippen LogP contribution is 2.41. The van der Waals surface area contributed by atoms with Crippen molar-refractivity contribution in [1.82, 2.24) is 10.2 Å². The molecule has 0 bridgehead atoms. The summed E-state index contributed by atoms with van der Waals surface area (Å²) in [6.45, 7) is 0. The molecule has 3 N–H and O–H groups in total. The van der Waals surface area contributed by atoms with Gasteiger partial charge in [-0.15, -0.1) is 0 Å². The molecule has 90 valence electrons. The van der Waals surface area contributed by atoms with Gasteiger partial charge < -0.3 is 10.5 Å². The summed E-state index contributed by atoms with van der Waals surface area (Å²) in [6, 6.07) is 3.51. The van der Waals surface area contributed by atoms with E-state index in [1.54, 1.807) is 12.1 Å². The fourth-order valence-electron chi connectivity index (χ4n) is 1.40. The first-order chi connectivity index (χ1) is 8.06. The van der Waals surface area contributed by atoms with Crippen LogP contribution in [0.4, 0.5) is 5.82 Å². The third-order valence-electron chi connectivity index (χ3n) is 2.27. The summed E-state index contributed by atoms with van der Waals surface area (Å²) in [5.74, 6) is 0.882. The van der Waals surface area contributed by atoms with Gasteiger partial charge in [-0.3, -0.25) is 5.10 Å². The van der Waals surface area contributed by atoms with E-state index in [2.05, 4.69) is 26.1 Å². The zero-order valence-electron chi connectivity index (χ0n) is 8.72. The lowest BCUT2D eigenvalue weighted by molar-refractivity contribution is 0.415. The normalized spacial score (nSPS) is 10.6. The van der Waals surface area contributed by atoms with E-state index in [9.17, 15) is 0 Å². The Labute approximate surface area is 116 Å². The highest BCUT2D eigenvalue weighted by molar-refractivity contribution is 9.10. The summed E-state index contributed by atoms with van der Waals surface area (Å²) in [7, 11) is 1.53. The number of nitrogen functional groups attached to an aromatic ring is 1. The molecule has 0 amide bonds. The van der Waals surface area contributed by atoms with E-state index >= 15 is 0 Å². The van der Waals surface area contributed by atoms with Crippen LogP contribution in [0.5, 0.6) is 5.75 Å². The molecule has 1 aromatic carbocycles. The van der Waals surface area contributed by atoms with E-state index in [0.717, 1.165) is 0 Å². The van der Waals surface area contributed by atoms with Crippen molar-refractivity contribution in [3.8, 4) is 17.0 Å². The number of methoxy groups -OCH3 is 1. The summed E-state index contributed by atoms with van der Waals surface area (Å²) < 4.78 is 5.73. The van der Waals surface area contributed by atoms with Gasteiger partial charge in [-0.2, -0.15) is 5.10 Å². The topological polar surface area (TPSA) is 63.9 Å². The number of benzene rings is 1. The molecule has 0 atom stereocenters. The number of aromatic nitrogens is 2. The maximum Gasteiger partial charge on any atom is 0.160 e. The van der Waals surface area contributed by atoms with Crippen molar-refractivity contribution < 1.29 is 4.74 Å². The van der Waals surface area contributed by atoms with E-state index in [1.807, 2.05) is 0 Å². The minimum Gasteiger partial charge on any atom is -0.495 e. The minimum absolute atomic E-state index is 0.353. The zero-order valence-corrected chi connectivity index (χ0v) is 11.8. The molecule has 2 aromatic rings. The summed E-state index contributed by atoms with van der Waals surface area (Å²) in [5.41, 5.74) is 7.01. The Bertz CT molecular complexity index is 571. The van der Waals surface area contributed by atoms with Gasteiger partial charge in [-0.25, -0.2) is 0 Å². The highest BCUT2D eigenvalue weighted by Gasteiger charge is 2.17. The monoisotopic (exact) mass is 335 g/mol. The molecule has 0 aliphatic rings. The molecule has 1 aromatic heterocycles. The molecule has 0 spiro atoms. The Balaban J connectivity index is 2.61. The van der Waals surface area contributed by atoms with Gasteiger partial charge in [0.25, 0.3) is 0 Å². The molecule has 0 aliphatic carbocycles. The second-order valence-corrected chi connectivity index (χ2v) is 4.79. The lowest BCUT2D eigenvalue weighted by atomic mass is 10.1. The number of nitrogens with zero attached hydrogens (tertiary/aromatic N) is 1. The highest BCUT2D eigenvalue weighted by atomic mass is 79.9. The van der Waals surface area contributed by atoms with Crippen LogP contribution in [0, 0.1) is 0 Å². The number of hydrogen-bond donors (Lipinski definition) is 2. The summed E-state index contributed by atoms with van der Waals surface area (Å²) in [4.78, 5) is 0. The number of rotatable bonds is 2. The van der Waals surface area contributed by atoms with Crippen molar-refractivity contribution in [3.05, 3.63) is 26.7 Å². The van der Waals surface area contributed by atoms with Crippen molar-refractivity contribution in [2.24, 2.45) is 0 Å². The molecule has 7 heteroatoms. The van der Waals surface area contributed by atoms with Crippen LogP contribution in [-0.4, -0.2) is 17.3 Å². The van der Waals surface area contributed by atoms with Crippen LogP contribution in [0.2, 0.25) is 10.0 Å². The molecule has 1 heterocycles. The smallest absolute Gasteiger partial charge is 0.160 e. The second kappa shape index (κ2) is 4.76. The Morgan fingerprint density at radius 3 is 2.59 bits per heavy atom. The lowest BCUT2D eigenvalue weighted by Crippen LogP contribution is -1.88. The van der Waals surface area contributed by atoms with Gasteiger partial charge in [0, 0.05) is 5.56 Å². The standard InChI is InChI=1S/C10H8BrCl2N3O/c1-17-5-3-2-4(7(12)8(5)13)9-6(11)10(14)16-15-9/h2-3H,1H3,(H3,14,15,16). The van der Waals surface area contributed by atoms with Gasteiger partial charge in [0.2, 0.25) is 0 Å². The predicted octanol–water partition coefficient (Wildman–Crippen LogP) is 3.74. The first-order valence-electron chi connectivity index (χ1n) is 4.58. The molecule has 0 aliphatic heterocycles. The number of nitrogens with two attached hydrogens (primary N) is 1. The fraction of sp³-hybridized carbons (Fsp3) is 0.100. The third kappa shape index (κ3) is 2.10. The van der Waals surface area contributed by atoms with Crippen molar-refractivity contribution in [2.75, 3.05) is 12.8 Å². The van der Waals surface area contributed by atoms with Crippen molar-refractivity contribution in [2.45, 2.75) is 0 Å². The van der Waals surface area contributed by atoms with Crippen molar-refractivity contribution in [1.29, 1.82) is 0 Å². The van der Waals surface area contributed by atoms with Gasteiger partial charge in [-0.05, 0) is 28.1 Å². The van der Waals surface area contributed by atoms with Gasteiger partial charge in [0.1, 0.15) is 10.8 Å². The number of ether oxygens (including phenoxy) is 1. The molecule has 0 saturated carbocycles. The third-order valence-corrected chi connectivity index (χ3v) is 3.94. The van der Waals surface area contributed by atoms with E-state index in [0.29, 0.717) is 37.3 Å². The molecule has 0 radical (unpaired) electrons. The van der Waals surface area contributed by atoms with Crippen molar-refractivity contribution in [3.63, 3.8) is 0 Å². The predicted molar refractivity (Wildman–Crippen MR) is 72.7 cm³/mol. The maximum atomic E-state index is 6.17. The average molecular weight is 337 g/mol. The molecule has 17 heavy (non-hydrogen) atoms. The van der Waals surface area contributed by atoms with Crippen LogP contribution in [0.1, 0.15) is 0 Å². The van der Waals surface area contributed by atoms with Crippen LogP contribution in [0.25, 0.3) is 11.3 Å². The summed E-state index contributed by atoms with van der Waals surface area (Å²) in [6.07, 6.45) is 0. The maximum absolute atomic E-state index is 6.17. The molecular weight excluding hydrogens is 329 g/mol. The van der Waals surface area contributed by atoms with Gasteiger partial charge in [0.15, 0.2) is 5.82 Å². The first-order valence-corrected chi connectivity index (χ1v) is 6.12. The Morgan fingerprint density at radius 2 is 2.06 bits per heavy atom. The number of halogens is 3. The van der Waals surface area contributed by atoms with Crippen LogP contribution in [0.15, 0.2) is 16.6 Å². The van der Waals surface area contributed by atoms with Crippen LogP contribution < -0.4 is 10.5 Å².